The first-order valence-corrected chi connectivity index (χ1v) is 15.1. The van der Waals surface area contributed by atoms with E-state index in [0.29, 0.717) is 59.7 Å². The summed E-state index contributed by atoms with van der Waals surface area (Å²) in [5.74, 6) is -2.00. The van der Waals surface area contributed by atoms with Crippen LogP contribution in [0.4, 0.5) is 19.0 Å². The average molecular weight is 643 g/mol. The molecule has 1 aromatic heterocycles. The van der Waals surface area contributed by atoms with Crippen molar-refractivity contribution in [2.75, 3.05) is 38.2 Å². The van der Waals surface area contributed by atoms with Crippen LogP contribution in [0, 0.1) is 5.82 Å². The molecule has 228 valence electrons. The normalized spacial score (nSPS) is 23.3. The van der Waals surface area contributed by atoms with Gasteiger partial charge in [0.1, 0.15) is 24.1 Å². The molecule has 0 aliphatic carbocycles. The largest absolute Gasteiger partial charge is 0.462 e. The maximum Gasteiger partial charge on any atom is 0.319 e. The minimum absolute atomic E-state index is 0.00289. The van der Waals surface area contributed by atoms with Crippen LogP contribution in [0.1, 0.15) is 12.8 Å². The Morgan fingerprint density at radius 2 is 1.89 bits per heavy atom. The smallest absolute Gasteiger partial charge is 0.319 e. The Balaban J connectivity index is 1.34. The van der Waals surface area contributed by atoms with E-state index >= 15 is 4.39 Å². The number of halogens is 5. The van der Waals surface area contributed by atoms with Crippen molar-refractivity contribution in [3.8, 4) is 17.1 Å². The molecule has 0 bridgehead atoms. The summed E-state index contributed by atoms with van der Waals surface area (Å²) in [5, 5.41) is 2.46. The minimum atomic E-state index is -1.01. The molecule has 3 saturated heterocycles. The quantitative estimate of drug-likeness (QED) is 0.221. The lowest BCUT2D eigenvalue weighted by Crippen LogP contribution is -2.63. The molecule has 12 heteroatoms. The van der Waals surface area contributed by atoms with E-state index in [9.17, 15) is 13.6 Å². The molecule has 44 heavy (non-hydrogen) atoms. The summed E-state index contributed by atoms with van der Waals surface area (Å²) in [6, 6.07) is 11.9. The second-order valence-electron chi connectivity index (χ2n) is 11.6. The van der Waals surface area contributed by atoms with Gasteiger partial charge in [-0.2, -0.15) is 9.97 Å². The van der Waals surface area contributed by atoms with Crippen LogP contribution in [-0.2, 0) is 4.79 Å². The number of likely N-dealkylation sites (tertiary alicyclic amines) is 2. The summed E-state index contributed by atoms with van der Waals surface area (Å²) in [7, 11) is 1.82. The Bertz CT molecular complexity index is 1840. The van der Waals surface area contributed by atoms with Gasteiger partial charge in [0, 0.05) is 47.0 Å². The SMILES string of the molecule is C=C(F)C(=O)N1CCC2[C@H]1CN2c1nc(OC[C@@H]2C[C@@H](F)CN2C)nc2c(F)c(-c3cccc4cccc(Cl)c34)c(Cl)cc12. The monoisotopic (exact) mass is 641 g/mol. The molecule has 0 spiro atoms. The van der Waals surface area contributed by atoms with Crippen LogP contribution in [0.3, 0.4) is 0 Å². The van der Waals surface area contributed by atoms with E-state index in [0.717, 1.165) is 5.39 Å². The number of aromatic nitrogens is 2. The van der Waals surface area contributed by atoms with Crippen LogP contribution < -0.4 is 9.64 Å². The van der Waals surface area contributed by atoms with Gasteiger partial charge in [0.15, 0.2) is 11.6 Å². The maximum atomic E-state index is 16.7. The van der Waals surface area contributed by atoms with Gasteiger partial charge in [-0.05, 0) is 43.0 Å². The number of anilines is 1. The second kappa shape index (κ2) is 11.1. The van der Waals surface area contributed by atoms with E-state index in [4.69, 9.17) is 27.9 Å². The van der Waals surface area contributed by atoms with E-state index < -0.39 is 23.7 Å². The summed E-state index contributed by atoms with van der Waals surface area (Å²) in [6.45, 7) is 4.29. The second-order valence-corrected chi connectivity index (χ2v) is 12.4. The van der Waals surface area contributed by atoms with E-state index in [1.807, 2.05) is 41.1 Å². The van der Waals surface area contributed by atoms with Gasteiger partial charge in [-0.15, -0.1) is 0 Å². The fourth-order valence-corrected chi connectivity index (χ4v) is 7.42. The number of likely N-dealkylation sites (N-methyl/N-ethyl adjacent to an activating group) is 1. The van der Waals surface area contributed by atoms with Gasteiger partial charge < -0.3 is 14.5 Å². The first-order valence-electron chi connectivity index (χ1n) is 14.4. The fourth-order valence-electron chi connectivity index (χ4n) is 6.84. The molecule has 4 aromatic rings. The van der Waals surface area contributed by atoms with Crippen LogP contribution in [0.25, 0.3) is 32.8 Å². The van der Waals surface area contributed by atoms with Gasteiger partial charge in [-0.3, -0.25) is 9.69 Å². The molecule has 0 N–H and O–H groups in total. The molecule has 3 fully saturated rings. The zero-order valence-corrected chi connectivity index (χ0v) is 25.3. The van der Waals surface area contributed by atoms with Crippen LogP contribution >= 0.6 is 23.2 Å². The number of rotatable bonds is 6. The van der Waals surface area contributed by atoms with Crippen molar-refractivity contribution in [1.82, 2.24) is 19.8 Å². The van der Waals surface area contributed by atoms with E-state index in [2.05, 4.69) is 16.5 Å². The Morgan fingerprint density at radius 1 is 1.11 bits per heavy atom. The molecule has 3 aliphatic heterocycles. The predicted octanol–water partition coefficient (Wildman–Crippen LogP) is 6.59. The molecule has 0 radical (unpaired) electrons. The summed E-state index contributed by atoms with van der Waals surface area (Å²) in [5.41, 5.74) is 0.662. The number of benzene rings is 3. The molecule has 7 nitrogen and oxygen atoms in total. The van der Waals surface area contributed by atoms with E-state index in [1.165, 1.54) is 4.90 Å². The number of hydrogen-bond donors (Lipinski definition) is 0. The molecule has 4 heterocycles. The molecule has 3 aromatic carbocycles. The van der Waals surface area contributed by atoms with Crippen molar-refractivity contribution in [1.29, 1.82) is 0 Å². The van der Waals surface area contributed by atoms with Gasteiger partial charge in [-0.25, -0.2) is 13.2 Å². The third-order valence-electron chi connectivity index (χ3n) is 9.07. The number of carbonyl (C=O) groups is 1. The van der Waals surface area contributed by atoms with Crippen molar-refractivity contribution in [3.05, 3.63) is 70.7 Å². The van der Waals surface area contributed by atoms with E-state index in [1.54, 1.807) is 18.2 Å². The van der Waals surface area contributed by atoms with Crippen molar-refractivity contribution in [2.24, 2.45) is 0 Å². The van der Waals surface area contributed by atoms with Gasteiger partial charge in [0.2, 0.25) is 0 Å². The number of carbonyl (C=O) groups excluding carboxylic acids is 1. The summed E-state index contributed by atoms with van der Waals surface area (Å²) in [6.07, 6.45) is -0.0754. The summed E-state index contributed by atoms with van der Waals surface area (Å²) < 4.78 is 50.4. The molecule has 7 rings (SSSR count). The lowest BCUT2D eigenvalue weighted by atomic mass is 9.94. The number of alkyl halides is 1. The van der Waals surface area contributed by atoms with E-state index in [-0.39, 0.29) is 46.8 Å². The predicted molar refractivity (Wildman–Crippen MR) is 165 cm³/mol. The maximum absolute atomic E-state index is 16.7. The fraction of sp³-hybridized carbons (Fsp3) is 0.344. The molecular weight excluding hydrogens is 614 g/mol. The topological polar surface area (TPSA) is 61.8 Å². The minimum Gasteiger partial charge on any atom is -0.462 e. The number of amides is 1. The number of fused-ring (bicyclic) bond motifs is 3. The number of nitrogens with zero attached hydrogens (tertiary/aromatic N) is 5. The highest BCUT2D eigenvalue weighted by molar-refractivity contribution is 6.38. The summed E-state index contributed by atoms with van der Waals surface area (Å²) in [4.78, 5) is 26.8. The average Bonchev–Trinajstić information content (AvgIpc) is 3.48. The Morgan fingerprint density at radius 3 is 2.61 bits per heavy atom. The number of ether oxygens (including phenoxy) is 1. The summed E-state index contributed by atoms with van der Waals surface area (Å²) >= 11 is 13.4. The molecular formula is C32H28Cl2F3N5O2. The number of hydrogen-bond acceptors (Lipinski definition) is 6. The lowest BCUT2D eigenvalue weighted by molar-refractivity contribution is -0.130. The van der Waals surface area contributed by atoms with Gasteiger partial charge in [0.25, 0.3) is 5.91 Å². The zero-order chi connectivity index (χ0) is 30.9. The first kappa shape index (κ1) is 29.1. The van der Waals surface area contributed by atoms with Gasteiger partial charge in [-0.1, -0.05) is 60.1 Å². The van der Waals surface area contributed by atoms with Crippen LogP contribution in [0.15, 0.2) is 54.9 Å². The molecule has 4 atom stereocenters. The third kappa shape index (κ3) is 4.74. The Kier molecular flexibility index (Phi) is 7.34. The third-order valence-corrected chi connectivity index (χ3v) is 9.68. The van der Waals surface area contributed by atoms with Crippen molar-refractivity contribution >= 4 is 56.6 Å². The van der Waals surface area contributed by atoms with Crippen molar-refractivity contribution in [2.45, 2.75) is 37.1 Å². The van der Waals surface area contributed by atoms with Crippen molar-refractivity contribution < 1.29 is 22.7 Å². The highest BCUT2D eigenvalue weighted by Crippen LogP contribution is 2.45. The Labute approximate surface area is 261 Å². The molecule has 0 saturated carbocycles. The molecule has 1 amide bonds. The van der Waals surface area contributed by atoms with Crippen LogP contribution in [-0.4, -0.2) is 83.3 Å². The standard InChI is InChI=1S/C32H28Cl2F3N5O2/c1-16(35)31(43)41-10-9-24-25(41)14-42(24)30-21-12-23(34)27(20-7-3-5-17-6-4-8-22(33)26(17)20)28(37)29(21)38-32(39-30)44-15-19-11-18(36)13-40(19)2/h3-8,12,18-19,24-25H,1,9-11,13-15H2,2H3/t18-,19+,24?,25-/m1/s1. The van der Waals surface area contributed by atoms with Crippen LogP contribution in [0.5, 0.6) is 6.01 Å². The highest BCUT2D eigenvalue weighted by Gasteiger charge is 2.50. The van der Waals surface area contributed by atoms with Crippen molar-refractivity contribution in [3.63, 3.8) is 0 Å². The lowest BCUT2D eigenvalue weighted by Gasteiger charge is -2.47. The highest BCUT2D eigenvalue weighted by atomic mass is 35.5. The molecule has 3 aliphatic rings. The van der Waals surface area contributed by atoms with Gasteiger partial charge >= 0.3 is 6.01 Å². The molecule has 1 unspecified atom stereocenters. The van der Waals surface area contributed by atoms with Crippen LogP contribution in [0.2, 0.25) is 10.0 Å². The zero-order valence-electron chi connectivity index (χ0n) is 23.7. The Hall–Kier alpha value is -3.60. The van der Waals surface area contributed by atoms with Gasteiger partial charge in [0.05, 0.1) is 17.1 Å². The first-order chi connectivity index (χ1) is 21.1.